The van der Waals surface area contributed by atoms with Crippen LogP contribution in [0, 0.1) is 11.7 Å². The number of rotatable bonds is 4. The molecule has 1 heterocycles. The van der Waals surface area contributed by atoms with E-state index < -0.39 is 0 Å². The molecule has 1 aromatic rings. The summed E-state index contributed by atoms with van der Waals surface area (Å²) < 4.78 is 18.1. The van der Waals surface area contributed by atoms with Crippen molar-refractivity contribution in [2.24, 2.45) is 11.7 Å². The normalized spacial score (nSPS) is 20.6. The van der Waals surface area contributed by atoms with Gasteiger partial charge in [0.05, 0.1) is 0 Å². The molecule has 2 unspecified atom stereocenters. The van der Waals surface area contributed by atoms with E-state index >= 15 is 0 Å². The van der Waals surface area contributed by atoms with Crippen molar-refractivity contribution in [2.45, 2.75) is 25.8 Å². The van der Waals surface area contributed by atoms with Crippen molar-refractivity contribution < 1.29 is 13.9 Å². The second kappa shape index (κ2) is 6.70. The maximum atomic E-state index is 12.8. The molecule has 1 saturated heterocycles. The standard InChI is InChI=1S/C15H21FN2O2/c1-11(17)12-3-2-8-18(9-12)15(19)10-20-14-6-4-13(16)5-7-14/h4-7,11-12H,2-3,8-10,17H2,1H3. The molecule has 1 amide bonds. The van der Waals surface area contributed by atoms with Gasteiger partial charge in [0, 0.05) is 19.1 Å². The lowest BCUT2D eigenvalue weighted by Gasteiger charge is -2.34. The smallest absolute Gasteiger partial charge is 0.260 e. The fraction of sp³-hybridized carbons (Fsp3) is 0.533. The lowest BCUT2D eigenvalue weighted by Crippen LogP contribution is -2.46. The van der Waals surface area contributed by atoms with E-state index in [0.29, 0.717) is 18.2 Å². The number of hydrogen-bond donors (Lipinski definition) is 1. The number of benzene rings is 1. The molecule has 5 heteroatoms. The van der Waals surface area contributed by atoms with E-state index in [1.165, 1.54) is 24.3 Å². The Morgan fingerprint density at radius 3 is 2.85 bits per heavy atom. The predicted octanol–water partition coefficient (Wildman–Crippen LogP) is 1.79. The topological polar surface area (TPSA) is 55.6 Å². The second-order valence-corrected chi connectivity index (χ2v) is 5.34. The summed E-state index contributed by atoms with van der Waals surface area (Å²) in [6.45, 7) is 3.42. The molecule has 0 bridgehead atoms. The number of amides is 1. The van der Waals surface area contributed by atoms with Gasteiger partial charge in [0.15, 0.2) is 6.61 Å². The molecule has 1 fully saturated rings. The van der Waals surface area contributed by atoms with Crippen LogP contribution in [0.1, 0.15) is 19.8 Å². The molecular weight excluding hydrogens is 259 g/mol. The summed E-state index contributed by atoms with van der Waals surface area (Å²) in [4.78, 5) is 13.9. The summed E-state index contributed by atoms with van der Waals surface area (Å²) in [6.07, 6.45) is 2.05. The monoisotopic (exact) mass is 280 g/mol. The van der Waals surface area contributed by atoms with E-state index in [-0.39, 0.29) is 24.4 Å². The zero-order valence-corrected chi connectivity index (χ0v) is 11.7. The van der Waals surface area contributed by atoms with E-state index in [2.05, 4.69) is 0 Å². The molecule has 1 aromatic carbocycles. The first-order chi connectivity index (χ1) is 9.56. The first kappa shape index (κ1) is 14.8. The second-order valence-electron chi connectivity index (χ2n) is 5.34. The van der Waals surface area contributed by atoms with Crippen LogP contribution < -0.4 is 10.5 Å². The minimum Gasteiger partial charge on any atom is -0.484 e. The third-order valence-electron chi connectivity index (χ3n) is 3.73. The van der Waals surface area contributed by atoms with Crippen molar-refractivity contribution in [3.8, 4) is 5.75 Å². The Kier molecular flexibility index (Phi) is 4.95. The lowest BCUT2D eigenvalue weighted by molar-refractivity contribution is -0.135. The Morgan fingerprint density at radius 2 is 2.20 bits per heavy atom. The zero-order chi connectivity index (χ0) is 14.5. The van der Waals surface area contributed by atoms with Crippen LogP contribution >= 0.6 is 0 Å². The van der Waals surface area contributed by atoms with E-state index in [1.54, 1.807) is 4.90 Å². The van der Waals surface area contributed by atoms with Crippen molar-refractivity contribution >= 4 is 5.91 Å². The molecule has 0 saturated carbocycles. The molecule has 110 valence electrons. The maximum Gasteiger partial charge on any atom is 0.260 e. The van der Waals surface area contributed by atoms with Gasteiger partial charge in [0.25, 0.3) is 5.91 Å². The SMILES string of the molecule is CC(N)C1CCCN(C(=O)COc2ccc(F)cc2)C1. The minimum atomic E-state index is -0.320. The number of likely N-dealkylation sites (tertiary alicyclic amines) is 1. The number of nitrogens with two attached hydrogens (primary N) is 1. The van der Waals surface area contributed by atoms with Gasteiger partial charge in [-0.15, -0.1) is 0 Å². The molecule has 0 aromatic heterocycles. The summed E-state index contributed by atoms with van der Waals surface area (Å²) in [7, 11) is 0. The summed E-state index contributed by atoms with van der Waals surface area (Å²) in [5, 5.41) is 0. The van der Waals surface area contributed by atoms with Gasteiger partial charge in [0.2, 0.25) is 0 Å². The molecule has 2 atom stereocenters. The molecule has 2 rings (SSSR count). The highest BCUT2D eigenvalue weighted by atomic mass is 19.1. The van der Waals surface area contributed by atoms with Gasteiger partial charge in [-0.2, -0.15) is 0 Å². The van der Waals surface area contributed by atoms with Gasteiger partial charge in [-0.3, -0.25) is 4.79 Å². The van der Waals surface area contributed by atoms with Crippen molar-refractivity contribution in [1.29, 1.82) is 0 Å². The van der Waals surface area contributed by atoms with Gasteiger partial charge < -0.3 is 15.4 Å². The van der Waals surface area contributed by atoms with Crippen LogP contribution in [-0.2, 0) is 4.79 Å². The number of hydrogen-bond acceptors (Lipinski definition) is 3. The molecule has 0 aliphatic carbocycles. The van der Waals surface area contributed by atoms with Crippen molar-refractivity contribution in [1.82, 2.24) is 4.90 Å². The van der Waals surface area contributed by atoms with E-state index in [0.717, 1.165) is 19.4 Å². The zero-order valence-electron chi connectivity index (χ0n) is 11.7. The largest absolute Gasteiger partial charge is 0.484 e. The summed E-state index contributed by atoms with van der Waals surface area (Å²) in [5.41, 5.74) is 5.90. The van der Waals surface area contributed by atoms with Gasteiger partial charge in [-0.1, -0.05) is 0 Å². The maximum absolute atomic E-state index is 12.8. The lowest BCUT2D eigenvalue weighted by atomic mass is 9.92. The number of halogens is 1. The van der Waals surface area contributed by atoms with Crippen molar-refractivity contribution in [3.63, 3.8) is 0 Å². The average molecular weight is 280 g/mol. The third-order valence-corrected chi connectivity index (χ3v) is 3.73. The molecule has 0 radical (unpaired) electrons. The quantitative estimate of drug-likeness (QED) is 0.915. The number of carbonyl (C=O) groups is 1. The summed E-state index contributed by atoms with van der Waals surface area (Å²) >= 11 is 0. The van der Waals surface area contributed by atoms with Crippen LogP contribution in [0.15, 0.2) is 24.3 Å². The summed E-state index contributed by atoms with van der Waals surface area (Å²) in [6, 6.07) is 5.76. The van der Waals surface area contributed by atoms with Gasteiger partial charge in [0.1, 0.15) is 11.6 Å². The first-order valence-electron chi connectivity index (χ1n) is 6.98. The van der Waals surface area contributed by atoms with Crippen LogP contribution in [0.3, 0.4) is 0 Å². The first-order valence-corrected chi connectivity index (χ1v) is 6.98. The van der Waals surface area contributed by atoms with Crippen LogP contribution in [0.2, 0.25) is 0 Å². The highest BCUT2D eigenvalue weighted by Crippen LogP contribution is 2.19. The summed E-state index contributed by atoms with van der Waals surface area (Å²) in [5.74, 6) is 0.498. The highest BCUT2D eigenvalue weighted by Gasteiger charge is 2.25. The number of carbonyl (C=O) groups excluding carboxylic acids is 1. The molecule has 4 nitrogen and oxygen atoms in total. The van der Waals surface area contributed by atoms with E-state index in [9.17, 15) is 9.18 Å². The molecule has 1 aliphatic heterocycles. The van der Waals surface area contributed by atoms with Crippen molar-refractivity contribution in [3.05, 3.63) is 30.1 Å². The predicted molar refractivity (Wildman–Crippen MR) is 74.8 cm³/mol. The molecule has 1 aliphatic rings. The Balaban J connectivity index is 1.83. The third kappa shape index (κ3) is 3.93. The van der Waals surface area contributed by atoms with Gasteiger partial charge >= 0.3 is 0 Å². The Labute approximate surface area is 118 Å². The Hall–Kier alpha value is -1.62. The van der Waals surface area contributed by atoms with Gasteiger partial charge in [-0.05, 0) is 49.9 Å². The molecule has 20 heavy (non-hydrogen) atoms. The Morgan fingerprint density at radius 1 is 1.50 bits per heavy atom. The van der Waals surface area contributed by atoms with Crippen LogP contribution in [0.5, 0.6) is 5.75 Å². The van der Waals surface area contributed by atoms with Crippen LogP contribution in [0.4, 0.5) is 4.39 Å². The average Bonchev–Trinajstić information content (AvgIpc) is 2.46. The molecule has 2 N–H and O–H groups in total. The molecule has 0 spiro atoms. The minimum absolute atomic E-state index is 0.0166. The van der Waals surface area contributed by atoms with Crippen LogP contribution in [-0.4, -0.2) is 36.5 Å². The Bertz CT molecular complexity index is 448. The fourth-order valence-corrected chi connectivity index (χ4v) is 2.43. The van der Waals surface area contributed by atoms with Gasteiger partial charge in [-0.25, -0.2) is 4.39 Å². The fourth-order valence-electron chi connectivity index (χ4n) is 2.43. The van der Waals surface area contributed by atoms with Crippen LogP contribution in [0.25, 0.3) is 0 Å². The highest BCUT2D eigenvalue weighted by molar-refractivity contribution is 5.77. The number of piperidine rings is 1. The van der Waals surface area contributed by atoms with E-state index in [4.69, 9.17) is 10.5 Å². The number of nitrogens with zero attached hydrogens (tertiary/aromatic N) is 1. The molecular formula is C15H21FN2O2. The van der Waals surface area contributed by atoms with E-state index in [1.807, 2.05) is 6.92 Å². The number of ether oxygens (including phenoxy) is 1. The van der Waals surface area contributed by atoms with Crippen molar-refractivity contribution in [2.75, 3.05) is 19.7 Å².